The summed E-state index contributed by atoms with van der Waals surface area (Å²) >= 11 is 1.85. The summed E-state index contributed by atoms with van der Waals surface area (Å²) in [5, 5.41) is 6.14. The summed E-state index contributed by atoms with van der Waals surface area (Å²) in [6.07, 6.45) is 3.05. The van der Waals surface area contributed by atoms with E-state index in [1.807, 2.05) is 17.5 Å². The molecule has 0 radical (unpaired) electrons. The fraction of sp³-hybridized carbons (Fsp3) is 0.258. The molecule has 0 fully saturated rings. The standard InChI is InChI=1S/C31H31NS/c1-20(2)14-26-17-24(16-23-11-13-33-30(23)26)21-10-12-32-29(19-21)25-15-22-8-6-7-9-27(22)28(18-25)31(3,4)5/h6-13,15-20H,14H2,1-5H3. The van der Waals surface area contributed by atoms with Gasteiger partial charge in [-0.1, -0.05) is 58.9 Å². The average molecular weight is 450 g/mol. The van der Waals surface area contributed by atoms with Crippen molar-refractivity contribution < 1.29 is 0 Å². The highest BCUT2D eigenvalue weighted by Crippen LogP contribution is 2.36. The number of hydrogen-bond acceptors (Lipinski definition) is 2. The maximum atomic E-state index is 4.79. The smallest absolute Gasteiger partial charge is 0.0708 e. The number of aromatic nitrogens is 1. The number of thiophene rings is 1. The third-order valence-electron chi connectivity index (χ3n) is 6.32. The van der Waals surface area contributed by atoms with Gasteiger partial charge in [0, 0.05) is 16.5 Å². The molecular formula is C31H31NS. The molecule has 1 nitrogen and oxygen atoms in total. The van der Waals surface area contributed by atoms with Crippen molar-refractivity contribution in [2.45, 2.75) is 46.5 Å². The summed E-state index contributed by atoms with van der Waals surface area (Å²) in [7, 11) is 0. The summed E-state index contributed by atoms with van der Waals surface area (Å²) in [5.41, 5.74) is 7.58. The van der Waals surface area contributed by atoms with Gasteiger partial charge in [0.2, 0.25) is 0 Å². The molecule has 0 saturated carbocycles. The van der Waals surface area contributed by atoms with Crippen LogP contribution in [0.1, 0.15) is 45.7 Å². The third kappa shape index (κ3) is 4.32. The first-order valence-corrected chi connectivity index (χ1v) is 12.7. The molecule has 0 aliphatic carbocycles. The Balaban J connectivity index is 1.65. The number of rotatable bonds is 4. The van der Waals surface area contributed by atoms with Crippen LogP contribution in [0.25, 0.3) is 43.2 Å². The van der Waals surface area contributed by atoms with Gasteiger partial charge >= 0.3 is 0 Å². The first-order valence-electron chi connectivity index (χ1n) is 11.8. The fourth-order valence-electron chi connectivity index (χ4n) is 4.76. The van der Waals surface area contributed by atoms with Crippen LogP contribution >= 0.6 is 11.3 Å². The Morgan fingerprint density at radius 2 is 1.61 bits per heavy atom. The van der Waals surface area contributed by atoms with Crippen LogP contribution < -0.4 is 0 Å². The molecule has 2 heteroatoms. The van der Waals surface area contributed by atoms with Crippen LogP contribution in [-0.2, 0) is 11.8 Å². The molecule has 5 rings (SSSR count). The molecule has 0 spiro atoms. The maximum absolute atomic E-state index is 4.79. The van der Waals surface area contributed by atoms with E-state index in [4.69, 9.17) is 4.98 Å². The van der Waals surface area contributed by atoms with Gasteiger partial charge in [-0.3, -0.25) is 4.98 Å². The number of hydrogen-bond donors (Lipinski definition) is 0. The lowest BCUT2D eigenvalue weighted by molar-refractivity contribution is 0.596. The van der Waals surface area contributed by atoms with Gasteiger partial charge in [0.25, 0.3) is 0 Å². The zero-order valence-electron chi connectivity index (χ0n) is 20.1. The third-order valence-corrected chi connectivity index (χ3v) is 7.32. The van der Waals surface area contributed by atoms with Crippen molar-refractivity contribution in [2.24, 2.45) is 5.92 Å². The van der Waals surface area contributed by atoms with Gasteiger partial charge in [-0.25, -0.2) is 0 Å². The van der Waals surface area contributed by atoms with Gasteiger partial charge in [0.1, 0.15) is 0 Å². The first kappa shape index (κ1) is 21.9. The highest BCUT2D eigenvalue weighted by atomic mass is 32.1. The second-order valence-corrected chi connectivity index (χ2v) is 11.4. The molecule has 0 saturated heterocycles. The molecule has 0 unspecified atom stereocenters. The van der Waals surface area contributed by atoms with Crippen molar-refractivity contribution in [3.8, 4) is 22.4 Å². The normalized spacial score (nSPS) is 12.2. The zero-order chi connectivity index (χ0) is 23.2. The minimum Gasteiger partial charge on any atom is -0.256 e. The summed E-state index contributed by atoms with van der Waals surface area (Å²) < 4.78 is 1.42. The van der Waals surface area contributed by atoms with E-state index in [9.17, 15) is 0 Å². The van der Waals surface area contributed by atoms with E-state index in [1.165, 1.54) is 48.7 Å². The molecule has 0 N–H and O–H groups in total. The molecule has 0 bridgehead atoms. The minimum absolute atomic E-state index is 0.0585. The molecule has 33 heavy (non-hydrogen) atoms. The number of fused-ring (bicyclic) bond motifs is 2. The molecule has 0 aliphatic rings. The Hall–Kier alpha value is -2.97. The highest BCUT2D eigenvalue weighted by Gasteiger charge is 2.19. The van der Waals surface area contributed by atoms with Gasteiger partial charge in [0.05, 0.1) is 5.69 Å². The van der Waals surface area contributed by atoms with E-state index in [0.29, 0.717) is 5.92 Å². The van der Waals surface area contributed by atoms with E-state index >= 15 is 0 Å². The SMILES string of the molecule is CC(C)Cc1cc(-c2ccnc(-c3cc(C(C)(C)C)c4ccccc4c3)c2)cc2ccsc12. The van der Waals surface area contributed by atoms with Crippen molar-refractivity contribution in [2.75, 3.05) is 0 Å². The van der Waals surface area contributed by atoms with Gasteiger partial charge in [0.15, 0.2) is 0 Å². The second kappa shape index (κ2) is 8.43. The van der Waals surface area contributed by atoms with E-state index in [-0.39, 0.29) is 5.41 Å². The van der Waals surface area contributed by atoms with Crippen molar-refractivity contribution in [1.29, 1.82) is 0 Å². The molecule has 5 aromatic rings. The van der Waals surface area contributed by atoms with Gasteiger partial charge in [-0.15, -0.1) is 11.3 Å². The molecule has 2 aromatic heterocycles. The van der Waals surface area contributed by atoms with Crippen molar-refractivity contribution in [3.63, 3.8) is 0 Å². The summed E-state index contributed by atoms with van der Waals surface area (Å²) in [6, 6.07) is 24.7. The van der Waals surface area contributed by atoms with Crippen LogP contribution in [-0.4, -0.2) is 4.98 Å². The molecule has 0 atom stereocenters. The lowest BCUT2D eigenvalue weighted by Crippen LogP contribution is -2.12. The molecule has 166 valence electrons. The van der Waals surface area contributed by atoms with E-state index < -0.39 is 0 Å². The van der Waals surface area contributed by atoms with Crippen molar-refractivity contribution in [1.82, 2.24) is 4.98 Å². The zero-order valence-corrected chi connectivity index (χ0v) is 21.0. The molecular weight excluding hydrogens is 418 g/mol. The summed E-state index contributed by atoms with van der Waals surface area (Å²) in [4.78, 5) is 4.79. The van der Waals surface area contributed by atoms with Crippen LogP contribution in [0.5, 0.6) is 0 Å². The van der Waals surface area contributed by atoms with Crippen LogP contribution in [0.15, 0.2) is 78.3 Å². The molecule has 3 aromatic carbocycles. The van der Waals surface area contributed by atoms with Crippen LogP contribution in [0.2, 0.25) is 0 Å². The lowest BCUT2D eigenvalue weighted by Gasteiger charge is -2.22. The Morgan fingerprint density at radius 1 is 0.818 bits per heavy atom. The van der Waals surface area contributed by atoms with Crippen LogP contribution in [0.3, 0.4) is 0 Å². The number of nitrogens with zero attached hydrogens (tertiary/aromatic N) is 1. The predicted octanol–water partition coefficient (Wildman–Crippen LogP) is 9.28. The summed E-state index contributed by atoms with van der Waals surface area (Å²) in [6.45, 7) is 11.4. The Morgan fingerprint density at radius 3 is 2.39 bits per heavy atom. The average Bonchev–Trinajstić information content (AvgIpc) is 3.26. The highest BCUT2D eigenvalue weighted by molar-refractivity contribution is 7.17. The van der Waals surface area contributed by atoms with E-state index in [0.717, 1.165) is 12.1 Å². The van der Waals surface area contributed by atoms with E-state index in [2.05, 4.69) is 107 Å². The monoisotopic (exact) mass is 449 g/mol. The van der Waals surface area contributed by atoms with Crippen LogP contribution in [0.4, 0.5) is 0 Å². The minimum atomic E-state index is 0.0585. The lowest BCUT2D eigenvalue weighted by atomic mass is 9.82. The number of pyridine rings is 1. The molecule has 0 amide bonds. The van der Waals surface area contributed by atoms with Crippen molar-refractivity contribution in [3.05, 3.63) is 89.4 Å². The van der Waals surface area contributed by atoms with Crippen molar-refractivity contribution >= 4 is 32.2 Å². The van der Waals surface area contributed by atoms with Crippen LogP contribution in [0, 0.1) is 5.92 Å². The number of benzene rings is 3. The Kier molecular flexibility index (Phi) is 5.58. The Labute approximate surface area is 201 Å². The molecule has 0 aliphatic heterocycles. The van der Waals surface area contributed by atoms with Gasteiger partial charge < -0.3 is 0 Å². The first-order chi connectivity index (χ1) is 15.8. The predicted molar refractivity (Wildman–Crippen MR) is 145 cm³/mol. The maximum Gasteiger partial charge on any atom is 0.0708 e. The quantitative estimate of drug-likeness (QED) is 0.266. The topological polar surface area (TPSA) is 12.9 Å². The van der Waals surface area contributed by atoms with E-state index in [1.54, 1.807) is 0 Å². The Bertz CT molecular complexity index is 1450. The molecule has 2 heterocycles. The fourth-order valence-corrected chi connectivity index (χ4v) is 5.67. The second-order valence-electron chi connectivity index (χ2n) is 10.5. The summed E-state index contributed by atoms with van der Waals surface area (Å²) in [5.74, 6) is 0.631. The van der Waals surface area contributed by atoms with Gasteiger partial charge in [-0.2, -0.15) is 0 Å². The van der Waals surface area contributed by atoms with Gasteiger partial charge in [-0.05, 0) is 104 Å². The largest absolute Gasteiger partial charge is 0.256 e.